The topological polar surface area (TPSA) is 93.9 Å². The zero-order valence-corrected chi connectivity index (χ0v) is 19.8. The average molecular weight is 468 g/mol. The second kappa shape index (κ2) is 13.7. The number of benzene rings is 1. The van der Waals surface area contributed by atoms with E-state index >= 15 is 0 Å². The maximum atomic E-state index is 13.1. The van der Waals surface area contributed by atoms with E-state index in [1.54, 1.807) is 11.8 Å². The molecular weight excluding hydrogens is 434 g/mol. The third kappa shape index (κ3) is 8.40. The number of likely N-dealkylation sites (tertiary alicyclic amines) is 1. The number of hydrogen-bond donors (Lipinski definition) is 3. The van der Waals surface area contributed by atoms with Crippen molar-refractivity contribution in [2.75, 3.05) is 38.0 Å². The Morgan fingerprint density at radius 1 is 1.39 bits per heavy atom. The van der Waals surface area contributed by atoms with Crippen LogP contribution in [0.25, 0.3) is 0 Å². The van der Waals surface area contributed by atoms with Crippen molar-refractivity contribution in [3.8, 4) is 5.75 Å². The van der Waals surface area contributed by atoms with Gasteiger partial charge in [0.15, 0.2) is 0 Å². The van der Waals surface area contributed by atoms with E-state index < -0.39 is 18.1 Å². The number of esters is 1. The van der Waals surface area contributed by atoms with E-state index in [0.29, 0.717) is 31.7 Å². The second-order valence-corrected chi connectivity index (χ2v) is 8.75. The van der Waals surface area contributed by atoms with Crippen molar-refractivity contribution in [2.45, 2.75) is 37.1 Å². The number of thioether (sulfide) groups is 1. The summed E-state index contributed by atoms with van der Waals surface area (Å²) < 4.78 is 11.0. The number of carbonyl (C=O) groups excluding carboxylic acids is 2. The highest BCUT2D eigenvalue weighted by molar-refractivity contribution is 7.98. The number of ether oxygens (including phenoxy) is 2. The molecule has 0 aliphatic carbocycles. The first-order valence-corrected chi connectivity index (χ1v) is 12.4. The molecule has 3 N–H and O–H groups in total. The van der Waals surface area contributed by atoms with Crippen LogP contribution in [-0.4, -0.2) is 79.0 Å². The van der Waals surface area contributed by atoms with Crippen LogP contribution < -0.4 is 15.8 Å². The molecular formula is C22H33N3O4S2. The lowest BCUT2D eigenvalue weighted by Crippen LogP contribution is -2.50. The third-order valence-corrected chi connectivity index (χ3v) is 6.13. The molecule has 0 saturated carbocycles. The lowest BCUT2D eigenvalue weighted by Gasteiger charge is -2.24. The molecule has 172 valence electrons. The van der Waals surface area contributed by atoms with Gasteiger partial charge in [-0.3, -0.25) is 9.69 Å². The predicted molar refractivity (Wildman–Crippen MR) is 129 cm³/mol. The van der Waals surface area contributed by atoms with E-state index in [1.807, 2.05) is 53.6 Å². The van der Waals surface area contributed by atoms with Crippen molar-refractivity contribution < 1.29 is 19.1 Å². The number of nitrogens with one attached hydrogen (secondary N) is 1. The number of thiol groups is 1. The van der Waals surface area contributed by atoms with Crippen LogP contribution in [0.5, 0.6) is 5.75 Å². The van der Waals surface area contributed by atoms with Gasteiger partial charge in [-0.05, 0) is 30.6 Å². The molecule has 1 saturated heterocycles. The number of nitrogens with zero attached hydrogens (tertiary/aromatic N) is 1. The molecule has 1 aliphatic rings. The standard InChI is InChI=1S/C22H33N3O4S2/c1-28-22(27)19(10-12-31-2)24-21(26)20-13-18(29-17-8-4-3-5-9-17)14-25(20)11-6-7-16(23)15-30/h3-9,16,18-20,30H,10-15,23H2,1-2H3,(H,24,26)/b7-6+/t16-,18+,19+,20+/m1/s1. The Bertz CT molecular complexity index is 720. The van der Waals surface area contributed by atoms with Crippen molar-refractivity contribution in [3.05, 3.63) is 42.5 Å². The number of methoxy groups -OCH3 is 1. The third-order valence-electron chi connectivity index (χ3n) is 5.06. The van der Waals surface area contributed by atoms with Crippen LogP contribution in [0.15, 0.2) is 42.5 Å². The van der Waals surface area contributed by atoms with Gasteiger partial charge in [0.25, 0.3) is 0 Å². The molecule has 4 atom stereocenters. The highest BCUT2D eigenvalue weighted by atomic mass is 32.2. The van der Waals surface area contributed by atoms with Crippen LogP contribution >= 0.6 is 24.4 Å². The largest absolute Gasteiger partial charge is 0.489 e. The number of nitrogens with two attached hydrogens (primary N) is 1. The smallest absolute Gasteiger partial charge is 0.328 e. The number of carbonyl (C=O) groups is 2. The van der Waals surface area contributed by atoms with E-state index in [2.05, 4.69) is 17.9 Å². The lowest BCUT2D eigenvalue weighted by molar-refractivity contribution is -0.145. The Balaban J connectivity index is 2.08. The van der Waals surface area contributed by atoms with Crippen LogP contribution in [0.2, 0.25) is 0 Å². The first-order valence-electron chi connectivity index (χ1n) is 10.3. The minimum atomic E-state index is -0.658. The quantitative estimate of drug-likeness (QED) is 0.245. The second-order valence-electron chi connectivity index (χ2n) is 7.40. The monoisotopic (exact) mass is 467 g/mol. The number of para-hydroxylation sites is 1. The highest BCUT2D eigenvalue weighted by Crippen LogP contribution is 2.23. The maximum absolute atomic E-state index is 13.1. The van der Waals surface area contributed by atoms with Gasteiger partial charge in [0.05, 0.1) is 13.2 Å². The molecule has 7 nitrogen and oxygen atoms in total. The number of amides is 1. The summed E-state index contributed by atoms with van der Waals surface area (Å²) in [6, 6.07) is 8.37. The summed E-state index contributed by atoms with van der Waals surface area (Å²) in [5, 5.41) is 2.88. The fourth-order valence-corrected chi connectivity index (χ4v) is 4.03. The van der Waals surface area contributed by atoms with Gasteiger partial charge in [-0.15, -0.1) is 0 Å². The zero-order valence-electron chi connectivity index (χ0n) is 18.1. The van der Waals surface area contributed by atoms with E-state index in [4.69, 9.17) is 15.2 Å². The van der Waals surface area contributed by atoms with Gasteiger partial charge in [-0.1, -0.05) is 30.4 Å². The summed E-state index contributed by atoms with van der Waals surface area (Å²) in [4.78, 5) is 27.3. The van der Waals surface area contributed by atoms with Gasteiger partial charge in [-0.25, -0.2) is 4.79 Å². The van der Waals surface area contributed by atoms with E-state index in [9.17, 15) is 9.59 Å². The van der Waals surface area contributed by atoms with Crippen molar-refractivity contribution in [2.24, 2.45) is 5.73 Å². The number of hydrogen-bond acceptors (Lipinski definition) is 8. The molecule has 1 fully saturated rings. The summed E-state index contributed by atoms with van der Waals surface area (Å²) in [6.45, 7) is 1.16. The number of rotatable bonds is 12. The van der Waals surface area contributed by atoms with Gasteiger partial charge in [-0.2, -0.15) is 24.4 Å². The molecule has 1 aromatic rings. The van der Waals surface area contributed by atoms with Gasteiger partial charge in [0, 0.05) is 31.3 Å². The van der Waals surface area contributed by atoms with Crippen molar-refractivity contribution >= 4 is 36.3 Å². The molecule has 2 rings (SSSR count). The molecule has 1 heterocycles. The zero-order chi connectivity index (χ0) is 22.6. The van der Waals surface area contributed by atoms with Gasteiger partial charge < -0.3 is 20.5 Å². The fraction of sp³-hybridized carbons (Fsp3) is 0.545. The first-order chi connectivity index (χ1) is 15.0. The minimum absolute atomic E-state index is 0.132. The molecule has 31 heavy (non-hydrogen) atoms. The maximum Gasteiger partial charge on any atom is 0.328 e. The molecule has 0 radical (unpaired) electrons. The molecule has 0 unspecified atom stereocenters. The van der Waals surface area contributed by atoms with Crippen LogP contribution in [0.4, 0.5) is 0 Å². The normalized spacial score (nSPS) is 21.0. The average Bonchev–Trinajstić information content (AvgIpc) is 3.18. The SMILES string of the molecule is COC(=O)[C@H](CCSC)NC(=O)[C@@H]1C[C@H](Oc2ccccc2)CN1C/C=C/[C@@H](N)CS. The van der Waals surface area contributed by atoms with Gasteiger partial charge in [0.1, 0.15) is 17.9 Å². The van der Waals surface area contributed by atoms with Crippen LogP contribution in [0.1, 0.15) is 12.8 Å². The first kappa shape index (κ1) is 25.6. The van der Waals surface area contributed by atoms with E-state index in [0.717, 1.165) is 11.5 Å². The van der Waals surface area contributed by atoms with E-state index in [-0.39, 0.29) is 18.1 Å². The Morgan fingerprint density at radius 2 is 2.13 bits per heavy atom. The van der Waals surface area contributed by atoms with E-state index in [1.165, 1.54) is 7.11 Å². The molecule has 1 aromatic carbocycles. The molecule has 1 aliphatic heterocycles. The molecule has 1 amide bonds. The van der Waals surface area contributed by atoms with Crippen LogP contribution in [0.3, 0.4) is 0 Å². The van der Waals surface area contributed by atoms with Crippen molar-refractivity contribution in [1.29, 1.82) is 0 Å². The minimum Gasteiger partial charge on any atom is -0.489 e. The lowest BCUT2D eigenvalue weighted by atomic mass is 10.1. The van der Waals surface area contributed by atoms with Crippen LogP contribution in [-0.2, 0) is 14.3 Å². The predicted octanol–water partition coefficient (Wildman–Crippen LogP) is 1.73. The Labute approximate surface area is 194 Å². The summed E-state index contributed by atoms with van der Waals surface area (Å²) in [5.41, 5.74) is 5.90. The van der Waals surface area contributed by atoms with Gasteiger partial charge >= 0.3 is 5.97 Å². The fourth-order valence-electron chi connectivity index (χ4n) is 3.44. The molecule has 9 heteroatoms. The summed E-state index contributed by atoms with van der Waals surface area (Å²) in [7, 11) is 1.33. The summed E-state index contributed by atoms with van der Waals surface area (Å²) in [6.07, 6.45) is 6.73. The van der Waals surface area contributed by atoms with Crippen molar-refractivity contribution in [1.82, 2.24) is 10.2 Å². The highest BCUT2D eigenvalue weighted by Gasteiger charge is 2.38. The van der Waals surface area contributed by atoms with Crippen molar-refractivity contribution in [3.63, 3.8) is 0 Å². The molecule has 0 aromatic heterocycles. The van der Waals surface area contributed by atoms with Gasteiger partial charge in [0.2, 0.25) is 5.91 Å². The Morgan fingerprint density at radius 3 is 2.77 bits per heavy atom. The summed E-state index contributed by atoms with van der Waals surface area (Å²) >= 11 is 5.81. The summed E-state index contributed by atoms with van der Waals surface area (Å²) in [5.74, 6) is 1.45. The molecule has 0 bridgehead atoms. The Hall–Kier alpha value is -1.68. The van der Waals surface area contributed by atoms with Crippen LogP contribution in [0, 0.1) is 0 Å². The molecule has 0 spiro atoms. The Kier molecular flexibility index (Phi) is 11.3.